The highest BCUT2D eigenvalue weighted by Gasteiger charge is 2.39. The van der Waals surface area contributed by atoms with Gasteiger partial charge in [0, 0.05) is 37.6 Å². The summed E-state index contributed by atoms with van der Waals surface area (Å²) in [5.74, 6) is 0.918. The van der Waals surface area contributed by atoms with Crippen molar-refractivity contribution in [3.05, 3.63) is 24.3 Å². The van der Waals surface area contributed by atoms with Crippen molar-refractivity contribution in [3.8, 4) is 0 Å². The smallest absolute Gasteiger partial charge is 0.142 e. The number of rotatable bonds is 2. The number of aromatic nitrogens is 2. The lowest BCUT2D eigenvalue weighted by molar-refractivity contribution is 0.0231. The SMILES string of the molecule is CC(C)(C)C1CN(Cc2ncccn2)C(C(C)(C)C)CN1. The van der Waals surface area contributed by atoms with Crippen molar-refractivity contribution in [2.75, 3.05) is 13.1 Å². The lowest BCUT2D eigenvalue weighted by atomic mass is 9.79. The number of hydrogen-bond acceptors (Lipinski definition) is 4. The summed E-state index contributed by atoms with van der Waals surface area (Å²) in [6.45, 7) is 16.8. The Bertz CT molecular complexity index is 444. The maximum absolute atomic E-state index is 4.40. The summed E-state index contributed by atoms with van der Waals surface area (Å²) in [6, 6.07) is 2.88. The molecule has 2 unspecified atom stereocenters. The normalized spacial score (nSPS) is 25.0. The first-order valence-electron chi connectivity index (χ1n) is 7.91. The van der Waals surface area contributed by atoms with Crippen LogP contribution < -0.4 is 5.32 Å². The van der Waals surface area contributed by atoms with E-state index in [1.54, 1.807) is 0 Å². The third kappa shape index (κ3) is 4.24. The first-order chi connectivity index (χ1) is 9.68. The lowest BCUT2D eigenvalue weighted by Crippen LogP contribution is -2.63. The van der Waals surface area contributed by atoms with Crippen molar-refractivity contribution >= 4 is 0 Å². The topological polar surface area (TPSA) is 41.1 Å². The number of hydrogen-bond donors (Lipinski definition) is 1. The van der Waals surface area contributed by atoms with Gasteiger partial charge in [0.1, 0.15) is 5.82 Å². The Balaban J connectivity index is 2.17. The molecular weight excluding hydrogens is 260 g/mol. The Morgan fingerprint density at radius 1 is 1.10 bits per heavy atom. The van der Waals surface area contributed by atoms with Gasteiger partial charge in [-0.2, -0.15) is 0 Å². The van der Waals surface area contributed by atoms with E-state index in [-0.39, 0.29) is 10.8 Å². The van der Waals surface area contributed by atoms with Gasteiger partial charge in [-0.3, -0.25) is 4.90 Å². The average molecular weight is 290 g/mol. The first-order valence-corrected chi connectivity index (χ1v) is 7.91. The second kappa shape index (κ2) is 6.01. The molecule has 0 saturated carbocycles. The molecule has 0 radical (unpaired) electrons. The predicted molar refractivity (Wildman–Crippen MR) is 86.9 cm³/mol. The second-order valence-corrected chi connectivity index (χ2v) is 8.30. The van der Waals surface area contributed by atoms with Gasteiger partial charge in [-0.25, -0.2) is 9.97 Å². The Hall–Kier alpha value is -1.00. The molecule has 1 aromatic rings. The van der Waals surface area contributed by atoms with Crippen molar-refractivity contribution in [2.45, 2.75) is 60.2 Å². The molecule has 0 aliphatic carbocycles. The fourth-order valence-corrected chi connectivity index (χ4v) is 3.01. The van der Waals surface area contributed by atoms with Gasteiger partial charge in [0.15, 0.2) is 0 Å². The molecule has 4 nitrogen and oxygen atoms in total. The van der Waals surface area contributed by atoms with E-state index in [4.69, 9.17) is 0 Å². The fraction of sp³-hybridized carbons (Fsp3) is 0.765. The molecule has 1 saturated heterocycles. The zero-order chi connectivity index (χ0) is 15.7. The zero-order valence-electron chi connectivity index (χ0n) is 14.3. The zero-order valence-corrected chi connectivity index (χ0v) is 14.3. The molecule has 1 aliphatic rings. The van der Waals surface area contributed by atoms with E-state index in [9.17, 15) is 0 Å². The van der Waals surface area contributed by atoms with Gasteiger partial charge in [0.05, 0.1) is 6.54 Å². The molecule has 2 heterocycles. The van der Waals surface area contributed by atoms with Crippen LogP contribution in [0.1, 0.15) is 47.4 Å². The van der Waals surface area contributed by atoms with Crippen molar-refractivity contribution in [3.63, 3.8) is 0 Å². The van der Waals surface area contributed by atoms with Gasteiger partial charge in [0.25, 0.3) is 0 Å². The molecule has 0 spiro atoms. The monoisotopic (exact) mass is 290 g/mol. The number of nitrogens with zero attached hydrogens (tertiary/aromatic N) is 3. The molecule has 1 aromatic heterocycles. The minimum Gasteiger partial charge on any atom is -0.311 e. The lowest BCUT2D eigenvalue weighted by Gasteiger charge is -2.49. The molecule has 118 valence electrons. The largest absolute Gasteiger partial charge is 0.311 e. The van der Waals surface area contributed by atoms with Gasteiger partial charge >= 0.3 is 0 Å². The van der Waals surface area contributed by atoms with Gasteiger partial charge < -0.3 is 5.32 Å². The van der Waals surface area contributed by atoms with Crippen LogP contribution in [0.2, 0.25) is 0 Å². The van der Waals surface area contributed by atoms with Crippen molar-refractivity contribution < 1.29 is 0 Å². The van der Waals surface area contributed by atoms with Crippen LogP contribution in [0.4, 0.5) is 0 Å². The van der Waals surface area contributed by atoms with E-state index in [0.717, 1.165) is 25.5 Å². The van der Waals surface area contributed by atoms with Crippen molar-refractivity contribution in [2.24, 2.45) is 10.8 Å². The van der Waals surface area contributed by atoms with Crippen LogP contribution in [0.15, 0.2) is 18.5 Å². The molecule has 0 bridgehead atoms. The molecule has 1 N–H and O–H groups in total. The summed E-state index contributed by atoms with van der Waals surface area (Å²) in [5.41, 5.74) is 0.503. The highest BCUT2D eigenvalue weighted by atomic mass is 15.3. The summed E-state index contributed by atoms with van der Waals surface area (Å²) < 4.78 is 0. The quantitative estimate of drug-likeness (QED) is 0.909. The highest BCUT2D eigenvalue weighted by Crippen LogP contribution is 2.31. The van der Waals surface area contributed by atoms with E-state index in [2.05, 4.69) is 61.7 Å². The minimum absolute atomic E-state index is 0.241. The Labute approximate surface area is 129 Å². The first kappa shape index (κ1) is 16.4. The van der Waals surface area contributed by atoms with Crippen LogP contribution in [0.25, 0.3) is 0 Å². The predicted octanol–water partition coefficient (Wildman–Crippen LogP) is 2.71. The van der Waals surface area contributed by atoms with Crippen LogP contribution in [0.5, 0.6) is 0 Å². The molecule has 21 heavy (non-hydrogen) atoms. The molecule has 0 aromatic carbocycles. The van der Waals surface area contributed by atoms with E-state index in [1.807, 2.05) is 18.5 Å². The molecule has 4 heteroatoms. The van der Waals surface area contributed by atoms with E-state index in [1.165, 1.54) is 0 Å². The third-order valence-corrected chi connectivity index (χ3v) is 4.42. The van der Waals surface area contributed by atoms with Crippen molar-refractivity contribution in [1.82, 2.24) is 20.2 Å². The summed E-state index contributed by atoms with van der Waals surface area (Å²) >= 11 is 0. The van der Waals surface area contributed by atoms with Crippen LogP contribution in [0.3, 0.4) is 0 Å². The van der Waals surface area contributed by atoms with Crippen LogP contribution in [-0.2, 0) is 6.54 Å². The standard InChI is InChI=1S/C17H30N4/c1-16(2,3)13-11-21(12-15-18-8-7-9-19-15)14(10-20-13)17(4,5)6/h7-9,13-14,20H,10-12H2,1-6H3. The van der Waals surface area contributed by atoms with Crippen LogP contribution >= 0.6 is 0 Å². The summed E-state index contributed by atoms with van der Waals surface area (Å²) in [7, 11) is 0. The fourth-order valence-electron chi connectivity index (χ4n) is 3.01. The third-order valence-electron chi connectivity index (χ3n) is 4.42. The molecule has 2 rings (SSSR count). The van der Waals surface area contributed by atoms with Gasteiger partial charge in [-0.05, 0) is 16.9 Å². The summed E-state index contributed by atoms with van der Waals surface area (Å²) in [5, 5.41) is 3.75. The molecular formula is C17H30N4. The van der Waals surface area contributed by atoms with Gasteiger partial charge in [-0.15, -0.1) is 0 Å². The van der Waals surface area contributed by atoms with Gasteiger partial charge in [0.2, 0.25) is 0 Å². The van der Waals surface area contributed by atoms with Crippen LogP contribution in [-0.4, -0.2) is 40.0 Å². The summed E-state index contributed by atoms with van der Waals surface area (Å²) in [6.07, 6.45) is 3.66. The maximum Gasteiger partial charge on any atom is 0.142 e. The Kier molecular flexibility index (Phi) is 4.69. The average Bonchev–Trinajstić information content (AvgIpc) is 2.37. The van der Waals surface area contributed by atoms with E-state index in [0.29, 0.717) is 12.1 Å². The molecule has 2 atom stereocenters. The molecule has 0 amide bonds. The molecule has 1 aliphatic heterocycles. The Morgan fingerprint density at radius 3 is 2.24 bits per heavy atom. The van der Waals surface area contributed by atoms with E-state index >= 15 is 0 Å². The number of nitrogens with one attached hydrogen (secondary N) is 1. The second-order valence-electron chi connectivity index (χ2n) is 8.30. The summed E-state index contributed by atoms with van der Waals surface area (Å²) in [4.78, 5) is 11.4. The van der Waals surface area contributed by atoms with Crippen molar-refractivity contribution in [1.29, 1.82) is 0 Å². The minimum atomic E-state index is 0.241. The number of piperazine rings is 1. The van der Waals surface area contributed by atoms with E-state index < -0.39 is 0 Å². The highest BCUT2D eigenvalue weighted by molar-refractivity contribution is 4.98. The van der Waals surface area contributed by atoms with Crippen LogP contribution in [0, 0.1) is 10.8 Å². The molecule has 1 fully saturated rings. The van der Waals surface area contributed by atoms with Gasteiger partial charge in [-0.1, -0.05) is 41.5 Å². The Morgan fingerprint density at radius 2 is 1.71 bits per heavy atom. The maximum atomic E-state index is 4.40.